The Morgan fingerprint density at radius 1 is 0.917 bits per heavy atom. The highest BCUT2D eigenvalue weighted by atomic mass is 16.7. The van der Waals surface area contributed by atoms with Gasteiger partial charge in [-0.3, -0.25) is 4.79 Å². The molecule has 36 heavy (non-hydrogen) atoms. The van der Waals surface area contributed by atoms with Gasteiger partial charge in [0.15, 0.2) is 12.6 Å². The van der Waals surface area contributed by atoms with Crippen molar-refractivity contribution in [1.29, 1.82) is 0 Å². The summed E-state index contributed by atoms with van der Waals surface area (Å²) >= 11 is 0. The topological polar surface area (TPSA) is 123 Å². The van der Waals surface area contributed by atoms with Crippen molar-refractivity contribution in [3.05, 3.63) is 66.2 Å². The zero-order chi connectivity index (χ0) is 25.5. The van der Waals surface area contributed by atoms with Crippen LogP contribution in [0.5, 0.6) is 0 Å². The predicted octanol–water partition coefficient (Wildman–Crippen LogP) is 0.891. The van der Waals surface area contributed by atoms with E-state index in [1.165, 1.54) is 5.56 Å². The van der Waals surface area contributed by atoms with E-state index in [1.54, 1.807) is 0 Å². The predicted molar refractivity (Wildman–Crippen MR) is 133 cm³/mol. The Labute approximate surface area is 211 Å². The number of piperidine rings is 1. The molecule has 0 bridgehead atoms. The van der Waals surface area contributed by atoms with Gasteiger partial charge in [-0.25, -0.2) is 0 Å². The number of para-hydroxylation sites is 1. The van der Waals surface area contributed by atoms with Crippen LogP contribution in [0.3, 0.4) is 0 Å². The minimum absolute atomic E-state index is 0.0322. The summed E-state index contributed by atoms with van der Waals surface area (Å²) in [6, 6.07) is 20.0. The SMILES string of the molecule is O=C(CCO[C@@H]1O[C@@H](O)[C@@H](O)[C@H](O)[C@@H]1O)N(c1ccccc1)C1CCN(CCc2ccccc2)CC1. The van der Waals surface area contributed by atoms with Gasteiger partial charge in [0.1, 0.15) is 18.3 Å². The number of ether oxygens (including phenoxy) is 2. The first-order valence-corrected chi connectivity index (χ1v) is 12.6. The monoisotopic (exact) mass is 500 g/mol. The molecule has 2 aromatic carbocycles. The van der Waals surface area contributed by atoms with Crippen LogP contribution < -0.4 is 4.90 Å². The average Bonchev–Trinajstić information content (AvgIpc) is 2.91. The molecule has 4 rings (SSSR count). The first-order valence-electron chi connectivity index (χ1n) is 12.6. The molecular weight excluding hydrogens is 464 g/mol. The molecule has 0 spiro atoms. The first-order chi connectivity index (χ1) is 17.4. The molecule has 0 aliphatic carbocycles. The Morgan fingerprint density at radius 2 is 1.56 bits per heavy atom. The molecule has 4 N–H and O–H groups in total. The van der Waals surface area contributed by atoms with Crippen LogP contribution in [-0.4, -0.2) is 94.4 Å². The Kier molecular flexibility index (Phi) is 9.44. The molecule has 9 heteroatoms. The zero-order valence-electron chi connectivity index (χ0n) is 20.3. The molecular formula is C27H36N2O7. The van der Waals surface area contributed by atoms with Gasteiger partial charge in [0.25, 0.3) is 0 Å². The Morgan fingerprint density at radius 3 is 2.22 bits per heavy atom. The maximum Gasteiger partial charge on any atom is 0.229 e. The van der Waals surface area contributed by atoms with Crippen LogP contribution in [-0.2, 0) is 20.7 Å². The van der Waals surface area contributed by atoms with Crippen molar-refractivity contribution in [3.8, 4) is 0 Å². The van der Waals surface area contributed by atoms with Crippen LogP contribution in [0.15, 0.2) is 60.7 Å². The molecule has 5 atom stereocenters. The van der Waals surface area contributed by atoms with E-state index in [-0.39, 0.29) is 25.0 Å². The second-order valence-electron chi connectivity index (χ2n) is 9.40. The van der Waals surface area contributed by atoms with Gasteiger partial charge in [0, 0.05) is 31.4 Å². The Balaban J connectivity index is 1.31. The highest BCUT2D eigenvalue weighted by Gasteiger charge is 2.43. The third kappa shape index (κ3) is 6.68. The molecule has 196 valence electrons. The van der Waals surface area contributed by atoms with Gasteiger partial charge < -0.3 is 39.7 Å². The fourth-order valence-corrected chi connectivity index (χ4v) is 4.83. The lowest BCUT2D eigenvalue weighted by Gasteiger charge is -2.39. The van der Waals surface area contributed by atoms with Crippen LogP contribution >= 0.6 is 0 Å². The number of nitrogens with zero attached hydrogens (tertiary/aromatic N) is 2. The van der Waals surface area contributed by atoms with Crippen molar-refractivity contribution >= 4 is 11.6 Å². The number of amides is 1. The summed E-state index contributed by atoms with van der Waals surface area (Å²) in [4.78, 5) is 17.6. The van der Waals surface area contributed by atoms with E-state index in [1.807, 2.05) is 41.3 Å². The molecule has 2 aromatic rings. The van der Waals surface area contributed by atoms with Gasteiger partial charge in [-0.2, -0.15) is 0 Å². The molecule has 1 amide bonds. The number of aliphatic hydroxyl groups excluding tert-OH is 4. The van der Waals surface area contributed by atoms with Crippen molar-refractivity contribution in [1.82, 2.24) is 4.90 Å². The summed E-state index contributed by atoms with van der Waals surface area (Å²) in [5.41, 5.74) is 2.15. The van der Waals surface area contributed by atoms with Crippen LogP contribution in [0.1, 0.15) is 24.8 Å². The standard InChI is InChI=1S/C27H36N2O7/c30-22(14-18-35-27-25(33)23(31)24(32)26(34)36-27)29(20-9-5-2-6-10-20)21-12-16-28(17-13-21)15-11-19-7-3-1-4-8-19/h1-10,21,23-27,31-34H,11-18H2/t23-,24-,25-,26+,27+/m0/s1. The van der Waals surface area contributed by atoms with Crippen molar-refractivity contribution in [2.75, 3.05) is 31.1 Å². The number of aliphatic hydroxyl groups is 4. The molecule has 9 nitrogen and oxygen atoms in total. The van der Waals surface area contributed by atoms with Crippen molar-refractivity contribution in [2.24, 2.45) is 0 Å². The highest BCUT2D eigenvalue weighted by molar-refractivity contribution is 5.94. The highest BCUT2D eigenvalue weighted by Crippen LogP contribution is 2.26. The van der Waals surface area contributed by atoms with Crippen molar-refractivity contribution < 1.29 is 34.7 Å². The van der Waals surface area contributed by atoms with E-state index in [0.717, 1.165) is 44.6 Å². The maximum atomic E-state index is 13.3. The third-order valence-electron chi connectivity index (χ3n) is 6.93. The molecule has 2 fully saturated rings. The number of anilines is 1. The van der Waals surface area contributed by atoms with E-state index in [2.05, 4.69) is 29.2 Å². The average molecular weight is 501 g/mol. The van der Waals surface area contributed by atoms with Gasteiger partial charge in [-0.05, 0) is 37.0 Å². The lowest BCUT2D eigenvalue weighted by molar-refractivity contribution is -0.339. The van der Waals surface area contributed by atoms with E-state index < -0.39 is 30.9 Å². The summed E-state index contributed by atoms with van der Waals surface area (Å²) in [7, 11) is 0. The summed E-state index contributed by atoms with van der Waals surface area (Å²) in [5.74, 6) is -0.115. The normalized spacial score (nSPS) is 27.6. The van der Waals surface area contributed by atoms with Gasteiger partial charge in [0.05, 0.1) is 13.0 Å². The van der Waals surface area contributed by atoms with Gasteiger partial charge in [0.2, 0.25) is 5.91 Å². The third-order valence-corrected chi connectivity index (χ3v) is 6.93. The van der Waals surface area contributed by atoms with E-state index in [9.17, 15) is 25.2 Å². The number of carbonyl (C=O) groups excluding carboxylic acids is 1. The Bertz CT molecular complexity index is 940. The maximum absolute atomic E-state index is 13.3. The zero-order valence-corrected chi connectivity index (χ0v) is 20.3. The smallest absolute Gasteiger partial charge is 0.229 e. The number of carbonyl (C=O) groups is 1. The van der Waals surface area contributed by atoms with Crippen LogP contribution in [0.4, 0.5) is 5.69 Å². The second-order valence-corrected chi connectivity index (χ2v) is 9.40. The lowest BCUT2D eigenvalue weighted by atomic mass is 10.0. The molecule has 2 heterocycles. The van der Waals surface area contributed by atoms with Crippen molar-refractivity contribution in [3.63, 3.8) is 0 Å². The first kappa shape index (κ1) is 26.7. The van der Waals surface area contributed by atoms with E-state index >= 15 is 0 Å². The van der Waals surface area contributed by atoms with Gasteiger partial charge in [-0.1, -0.05) is 48.5 Å². The van der Waals surface area contributed by atoms with Crippen molar-refractivity contribution in [2.45, 2.75) is 62.6 Å². The summed E-state index contributed by atoms with van der Waals surface area (Å²) in [6.07, 6.45) is -5.06. The van der Waals surface area contributed by atoms with Gasteiger partial charge >= 0.3 is 0 Å². The molecule has 0 aromatic heterocycles. The summed E-state index contributed by atoms with van der Waals surface area (Å²) in [6.45, 7) is 2.73. The quantitative estimate of drug-likeness (QED) is 0.401. The second kappa shape index (κ2) is 12.7. The van der Waals surface area contributed by atoms with Gasteiger partial charge in [-0.15, -0.1) is 0 Å². The lowest BCUT2D eigenvalue weighted by Crippen LogP contribution is -2.58. The fraction of sp³-hybridized carbons (Fsp3) is 0.519. The van der Waals surface area contributed by atoms with E-state index in [4.69, 9.17) is 9.47 Å². The molecule has 0 radical (unpaired) electrons. The molecule has 0 saturated carbocycles. The minimum Gasteiger partial charge on any atom is -0.387 e. The van der Waals surface area contributed by atoms with Crippen LogP contribution in [0, 0.1) is 0 Å². The summed E-state index contributed by atoms with van der Waals surface area (Å²) in [5, 5.41) is 39.2. The molecule has 2 saturated heterocycles. The van der Waals surface area contributed by atoms with Crippen LogP contribution in [0.2, 0.25) is 0 Å². The fourth-order valence-electron chi connectivity index (χ4n) is 4.83. The minimum atomic E-state index is -1.68. The molecule has 2 aliphatic rings. The molecule has 0 unspecified atom stereocenters. The molecule has 2 aliphatic heterocycles. The van der Waals surface area contributed by atoms with Crippen LogP contribution in [0.25, 0.3) is 0 Å². The Hall–Kier alpha value is -2.37. The van der Waals surface area contributed by atoms with E-state index in [0.29, 0.717) is 0 Å². The summed E-state index contributed by atoms with van der Waals surface area (Å²) < 4.78 is 10.5. The number of hydrogen-bond donors (Lipinski definition) is 4. The number of hydrogen-bond acceptors (Lipinski definition) is 8. The number of likely N-dealkylation sites (tertiary alicyclic amines) is 1. The number of benzene rings is 2. The number of rotatable bonds is 9. The largest absolute Gasteiger partial charge is 0.387 e.